The van der Waals surface area contributed by atoms with Crippen LogP contribution in [0.3, 0.4) is 0 Å². The molecule has 0 rings (SSSR count). The number of hydrogen-bond donors (Lipinski definition) is 3. The summed E-state index contributed by atoms with van der Waals surface area (Å²) in [5, 5.41) is 23.4. The van der Waals surface area contributed by atoms with Gasteiger partial charge in [0, 0.05) is 12.8 Å². The molecule has 0 fully saturated rings. The van der Waals surface area contributed by atoms with E-state index in [9.17, 15) is 19.8 Å². The molecular weight excluding hydrogens is 899 g/mol. The van der Waals surface area contributed by atoms with Gasteiger partial charge in [-0.05, 0) is 51.4 Å². The Bertz CT molecular complexity index is 1100. The number of ether oxygens (including phenoxy) is 1. The Balaban J connectivity index is 3.41. The number of aliphatic hydroxyl groups is 2. The highest BCUT2D eigenvalue weighted by atomic mass is 16.5. The molecule has 434 valence electrons. The van der Waals surface area contributed by atoms with Crippen molar-refractivity contribution in [3.63, 3.8) is 0 Å². The van der Waals surface area contributed by atoms with Crippen molar-refractivity contribution in [1.29, 1.82) is 0 Å². The van der Waals surface area contributed by atoms with Gasteiger partial charge in [-0.2, -0.15) is 0 Å². The molecule has 0 saturated heterocycles. The Hall–Kier alpha value is -1.40. The van der Waals surface area contributed by atoms with Crippen LogP contribution in [0.2, 0.25) is 0 Å². The van der Waals surface area contributed by atoms with Gasteiger partial charge < -0.3 is 20.3 Å². The van der Waals surface area contributed by atoms with Crippen LogP contribution in [-0.4, -0.2) is 47.4 Å². The number of aliphatic hydroxyl groups excluding tert-OH is 2. The molecule has 0 radical (unpaired) electrons. The maximum Gasteiger partial charge on any atom is 0.305 e. The first kappa shape index (κ1) is 71.6. The lowest BCUT2D eigenvalue weighted by Crippen LogP contribution is -2.45. The molecule has 0 aromatic rings. The summed E-state index contributed by atoms with van der Waals surface area (Å²) in [5.74, 6) is -0.0245. The van der Waals surface area contributed by atoms with Gasteiger partial charge in [-0.15, -0.1) is 0 Å². The number of hydrogen-bond acceptors (Lipinski definition) is 5. The number of unbranched alkanes of at least 4 members (excludes halogenated alkanes) is 50. The van der Waals surface area contributed by atoms with Crippen LogP contribution in [-0.2, 0) is 14.3 Å². The quantitative estimate of drug-likeness (QED) is 0.0320. The molecule has 2 atom stereocenters. The average molecular weight is 1030 g/mol. The van der Waals surface area contributed by atoms with Gasteiger partial charge in [0.1, 0.15) is 0 Å². The van der Waals surface area contributed by atoms with Crippen molar-refractivity contribution in [3.8, 4) is 0 Å². The zero-order valence-corrected chi connectivity index (χ0v) is 49.6. The fraction of sp³-hybridized carbons (Fsp3) is 0.940. The van der Waals surface area contributed by atoms with Crippen molar-refractivity contribution in [2.45, 2.75) is 392 Å². The Morgan fingerprint density at radius 1 is 0.370 bits per heavy atom. The number of esters is 1. The third-order valence-electron chi connectivity index (χ3n) is 15.8. The summed E-state index contributed by atoms with van der Waals surface area (Å²) in [6, 6.07) is -0.546. The normalized spacial score (nSPS) is 12.5. The van der Waals surface area contributed by atoms with Gasteiger partial charge in [0.05, 0.1) is 25.4 Å². The van der Waals surface area contributed by atoms with E-state index in [1.54, 1.807) is 0 Å². The van der Waals surface area contributed by atoms with Crippen LogP contribution in [0.4, 0.5) is 0 Å². The lowest BCUT2D eigenvalue weighted by molar-refractivity contribution is -0.143. The van der Waals surface area contributed by atoms with Crippen molar-refractivity contribution in [1.82, 2.24) is 5.32 Å². The second-order valence-electron chi connectivity index (χ2n) is 23.2. The van der Waals surface area contributed by atoms with Gasteiger partial charge >= 0.3 is 5.97 Å². The summed E-state index contributed by atoms with van der Waals surface area (Å²) >= 11 is 0. The molecule has 0 aromatic carbocycles. The summed E-state index contributed by atoms with van der Waals surface area (Å²) in [6.45, 7) is 4.98. The minimum atomic E-state index is -0.669. The molecule has 3 N–H and O–H groups in total. The fourth-order valence-electron chi connectivity index (χ4n) is 10.7. The standard InChI is InChI=1S/C67H131NO5/c1-3-5-7-9-11-13-15-16-17-18-19-20-24-27-30-33-36-40-43-47-51-55-59-65(70)64(63-69)68-66(71)60-56-52-48-44-41-37-34-31-28-25-22-21-23-26-29-32-35-38-42-46-50-54-58-62-73-67(72)61-57-53-49-45-39-14-12-10-8-6-4-2/h25,28,64-65,69-70H,3-24,26-27,29-63H2,1-2H3,(H,68,71)/b28-25-. The third kappa shape index (κ3) is 59.7. The summed E-state index contributed by atoms with van der Waals surface area (Å²) in [7, 11) is 0. The van der Waals surface area contributed by atoms with Gasteiger partial charge in [0.2, 0.25) is 5.91 Å². The molecular formula is C67H131NO5. The van der Waals surface area contributed by atoms with Crippen LogP contribution in [0.25, 0.3) is 0 Å². The number of rotatable bonds is 63. The highest BCUT2D eigenvalue weighted by Gasteiger charge is 2.20. The molecule has 73 heavy (non-hydrogen) atoms. The van der Waals surface area contributed by atoms with E-state index in [0.29, 0.717) is 25.9 Å². The van der Waals surface area contributed by atoms with Gasteiger partial charge in [-0.3, -0.25) is 9.59 Å². The molecule has 2 unspecified atom stereocenters. The number of amides is 1. The highest BCUT2D eigenvalue weighted by molar-refractivity contribution is 5.76. The van der Waals surface area contributed by atoms with E-state index in [-0.39, 0.29) is 18.5 Å². The van der Waals surface area contributed by atoms with E-state index in [1.165, 1.54) is 308 Å². The Labute approximate surface area is 457 Å². The maximum absolute atomic E-state index is 12.5. The first-order valence-electron chi connectivity index (χ1n) is 33.4. The van der Waals surface area contributed by atoms with Gasteiger partial charge in [-0.25, -0.2) is 0 Å². The van der Waals surface area contributed by atoms with Crippen LogP contribution in [0, 0.1) is 0 Å². The van der Waals surface area contributed by atoms with Crippen LogP contribution in [0.5, 0.6) is 0 Å². The summed E-state index contributed by atoms with van der Waals surface area (Å²) in [6.07, 6.45) is 76.7. The zero-order chi connectivity index (χ0) is 52.9. The minimum Gasteiger partial charge on any atom is -0.466 e. The molecule has 0 saturated carbocycles. The van der Waals surface area contributed by atoms with Crippen molar-refractivity contribution in [3.05, 3.63) is 12.2 Å². The molecule has 0 heterocycles. The second kappa shape index (κ2) is 63.1. The van der Waals surface area contributed by atoms with Crippen LogP contribution in [0.1, 0.15) is 380 Å². The lowest BCUT2D eigenvalue weighted by atomic mass is 10.0. The number of carbonyl (C=O) groups is 2. The van der Waals surface area contributed by atoms with E-state index in [1.807, 2.05) is 0 Å². The first-order valence-corrected chi connectivity index (χ1v) is 33.4. The topological polar surface area (TPSA) is 95.9 Å². The third-order valence-corrected chi connectivity index (χ3v) is 15.8. The molecule has 0 aromatic heterocycles. The van der Waals surface area contributed by atoms with Crippen LogP contribution < -0.4 is 5.32 Å². The van der Waals surface area contributed by atoms with Gasteiger partial charge in [0.15, 0.2) is 0 Å². The molecule has 0 bridgehead atoms. The predicted molar refractivity (Wildman–Crippen MR) is 320 cm³/mol. The molecule has 0 aliphatic carbocycles. The molecule has 6 heteroatoms. The van der Waals surface area contributed by atoms with Gasteiger partial charge in [0.25, 0.3) is 0 Å². The van der Waals surface area contributed by atoms with E-state index < -0.39 is 12.1 Å². The zero-order valence-electron chi connectivity index (χ0n) is 49.6. The van der Waals surface area contributed by atoms with Crippen molar-refractivity contribution in [2.24, 2.45) is 0 Å². The minimum absolute atomic E-state index is 0.0122. The SMILES string of the molecule is CCCCCCCCCCCCCCCCCCCCCCCCC(O)C(CO)NC(=O)CCCCCCCCC/C=C\CCCCCCCCCCCCCCOC(=O)CCCCCCCCCCCCC. The summed E-state index contributed by atoms with van der Waals surface area (Å²) in [5.41, 5.74) is 0. The Kier molecular flexibility index (Phi) is 61.9. The molecule has 0 aliphatic rings. The Morgan fingerprint density at radius 2 is 0.644 bits per heavy atom. The molecule has 0 spiro atoms. The lowest BCUT2D eigenvalue weighted by Gasteiger charge is -2.22. The smallest absolute Gasteiger partial charge is 0.305 e. The summed E-state index contributed by atoms with van der Waals surface area (Å²) in [4.78, 5) is 24.5. The number of nitrogens with one attached hydrogen (secondary N) is 1. The summed E-state index contributed by atoms with van der Waals surface area (Å²) < 4.78 is 5.47. The van der Waals surface area contributed by atoms with Crippen molar-refractivity contribution < 1.29 is 24.5 Å². The molecule has 6 nitrogen and oxygen atoms in total. The van der Waals surface area contributed by atoms with E-state index in [2.05, 4.69) is 31.3 Å². The van der Waals surface area contributed by atoms with Crippen molar-refractivity contribution in [2.75, 3.05) is 13.2 Å². The van der Waals surface area contributed by atoms with Crippen molar-refractivity contribution >= 4 is 11.9 Å². The Morgan fingerprint density at radius 3 is 0.973 bits per heavy atom. The molecule has 1 amide bonds. The first-order chi connectivity index (χ1) is 36.0. The van der Waals surface area contributed by atoms with E-state index in [0.717, 1.165) is 38.5 Å². The highest BCUT2D eigenvalue weighted by Crippen LogP contribution is 2.19. The number of allylic oxidation sites excluding steroid dienone is 2. The second-order valence-corrected chi connectivity index (χ2v) is 23.2. The predicted octanol–water partition coefficient (Wildman–Crippen LogP) is 21.2. The van der Waals surface area contributed by atoms with Gasteiger partial charge in [-0.1, -0.05) is 328 Å². The van der Waals surface area contributed by atoms with Crippen LogP contribution in [0.15, 0.2) is 12.2 Å². The maximum atomic E-state index is 12.5. The van der Waals surface area contributed by atoms with E-state index in [4.69, 9.17) is 4.74 Å². The van der Waals surface area contributed by atoms with E-state index >= 15 is 0 Å². The average Bonchev–Trinajstić information content (AvgIpc) is 3.39. The number of carbonyl (C=O) groups excluding carboxylic acids is 2. The molecule has 0 aliphatic heterocycles. The fourth-order valence-corrected chi connectivity index (χ4v) is 10.7. The monoisotopic (exact) mass is 1030 g/mol. The largest absolute Gasteiger partial charge is 0.466 e. The van der Waals surface area contributed by atoms with Crippen LogP contribution >= 0.6 is 0 Å².